The van der Waals surface area contributed by atoms with Crippen LogP contribution in [0.5, 0.6) is 0 Å². The van der Waals surface area contributed by atoms with E-state index in [2.05, 4.69) is 10.5 Å². The van der Waals surface area contributed by atoms with Gasteiger partial charge >= 0.3 is 6.03 Å². The van der Waals surface area contributed by atoms with Gasteiger partial charge in [0.25, 0.3) is 0 Å². The Bertz CT molecular complexity index is 447. The van der Waals surface area contributed by atoms with Crippen molar-refractivity contribution in [3.05, 3.63) is 17.0 Å². The molecule has 2 heterocycles. The monoisotopic (exact) mass is 295 g/mol. The lowest BCUT2D eigenvalue weighted by Gasteiger charge is -2.21. The number of carbonyl (C=O) groups is 1. The predicted molar refractivity (Wildman–Crippen MR) is 79.3 cm³/mol. The highest BCUT2D eigenvalue weighted by Crippen LogP contribution is 2.14. The van der Waals surface area contributed by atoms with Gasteiger partial charge in [0.05, 0.1) is 11.8 Å². The molecule has 1 aromatic heterocycles. The highest BCUT2D eigenvalue weighted by atomic mass is 16.5. The second kappa shape index (κ2) is 7.45. The number of carbonyl (C=O) groups excluding carboxylic acids is 1. The van der Waals surface area contributed by atoms with Crippen molar-refractivity contribution in [2.75, 3.05) is 26.7 Å². The maximum atomic E-state index is 12.0. The van der Waals surface area contributed by atoms with Gasteiger partial charge in [0.1, 0.15) is 5.76 Å². The van der Waals surface area contributed by atoms with Crippen LogP contribution < -0.4 is 5.32 Å². The van der Waals surface area contributed by atoms with Gasteiger partial charge in [-0.15, -0.1) is 0 Å². The number of ether oxygens (including phenoxy) is 1. The van der Waals surface area contributed by atoms with E-state index in [1.807, 2.05) is 20.9 Å². The molecule has 6 nitrogen and oxygen atoms in total. The first-order valence-electron chi connectivity index (χ1n) is 7.60. The summed E-state index contributed by atoms with van der Waals surface area (Å²) in [5, 5.41) is 6.87. The molecular weight excluding hydrogens is 270 g/mol. The molecule has 1 aliphatic rings. The fourth-order valence-corrected chi connectivity index (χ4v) is 2.63. The Morgan fingerprint density at radius 2 is 2.29 bits per heavy atom. The van der Waals surface area contributed by atoms with Gasteiger partial charge in [-0.1, -0.05) is 5.16 Å². The maximum absolute atomic E-state index is 12.0. The van der Waals surface area contributed by atoms with E-state index in [-0.39, 0.29) is 12.1 Å². The van der Waals surface area contributed by atoms with Gasteiger partial charge in [-0.25, -0.2) is 4.79 Å². The first kappa shape index (κ1) is 15.8. The highest BCUT2D eigenvalue weighted by Gasteiger charge is 2.19. The molecule has 2 amide bonds. The minimum Gasteiger partial charge on any atom is -0.376 e. The topological polar surface area (TPSA) is 67.6 Å². The second-order valence-electron chi connectivity index (χ2n) is 5.65. The van der Waals surface area contributed by atoms with Crippen LogP contribution in [0, 0.1) is 13.8 Å². The Morgan fingerprint density at radius 3 is 2.90 bits per heavy atom. The Labute approximate surface area is 125 Å². The van der Waals surface area contributed by atoms with Crippen LogP contribution in [0.3, 0.4) is 0 Å². The molecule has 0 bridgehead atoms. The van der Waals surface area contributed by atoms with E-state index in [4.69, 9.17) is 9.26 Å². The van der Waals surface area contributed by atoms with Gasteiger partial charge in [0.15, 0.2) is 0 Å². The molecule has 1 aromatic rings. The fourth-order valence-electron chi connectivity index (χ4n) is 2.63. The van der Waals surface area contributed by atoms with E-state index < -0.39 is 0 Å². The van der Waals surface area contributed by atoms with E-state index in [1.54, 1.807) is 4.90 Å². The Morgan fingerprint density at radius 1 is 1.48 bits per heavy atom. The van der Waals surface area contributed by atoms with Crippen molar-refractivity contribution in [1.82, 2.24) is 15.4 Å². The largest absolute Gasteiger partial charge is 0.376 e. The summed E-state index contributed by atoms with van der Waals surface area (Å²) in [6.45, 7) is 6.00. The van der Waals surface area contributed by atoms with Crippen LogP contribution >= 0.6 is 0 Å². The Hall–Kier alpha value is -1.56. The highest BCUT2D eigenvalue weighted by molar-refractivity contribution is 5.73. The lowest BCUT2D eigenvalue weighted by Crippen LogP contribution is -2.41. The third kappa shape index (κ3) is 4.46. The molecule has 1 atom stereocenters. The number of hydrogen-bond acceptors (Lipinski definition) is 4. The Balaban J connectivity index is 1.64. The van der Waals surface area contributed by atoms with Crippen molar-refractivity contribution < 1.29 is 14.1 Å². The summed E-state index contributed by atoms with van der Waals surface area (Å²) in [6, 6.07) is -0.0377. The standard InChI is InChI=1S/C15H25N3O3/c1-11-14(12(2)21-17-11)7-4-8-16-15(19)18(3)10-13-6-5-9-20-13/h13H,4-10H2,1-3H3,(H,16,19)/t13-/m0/s1. The summed E-state index contributed by atoms with van der Waals surface area (Å²) in [5.41, 5.74) is 2.09. The lowest BCUT2D eigenvalue weighted by molar-refractivity contribution is 0.0875. The van der Waals surface area contributed by atoms with Gasteiger partial charge in [0, 0.05) is 32.3 Å². The maximum Gasteiger partial charge on any atom is 0.317 e. The summed E-state index contributed by atoms with van der Waals surface area (Å²) in [6.07, 6.45) is 4.09. The van der Waals surface area contributed by atoms with Crippen LogP contribution in [0.1, 0.15) is 36.3 Å². The first-order chi connectivity index (χ1) is 10.1. The molecule has 118 valence electrons. The number of nitrogens with one attached hydrogen (secondary N) is 1. The van der Waals surface area contributed by atoms with Gasteiger partial charge < -0.3 is 19.5 Å². The number of amides is 2. The second-order valence-corrected chi connectivity index (χ2v) is 5.65. The smallest absolute Gasteiger partial charge is 0.317 e. The quantitative estimate of drug-likeness (QED) is 0.816. The summed E-state index contributed by atoms with van der Waals surface area (Å²) in [7, 11) is 1.81. The Kier molecular flexibility index (Phi) is 5.61. The van der Waals surface area contributed by atoms with Gasteiger partial charge in [-0.2, -0.15) is 0 Å². The fraction of sp³-hybridized carbons (Fsp3) is 0.733. The average Bonchev–Trinajstić information content (AvgIpc) is 3.07. The van der Waals surface area contributed by atoms with Crippen LogP contribution in [-0.2, 0) is 11.2 Å². The van der Waals surface area contributed by atoms with Crippen molar-refractivity contribution in [2.24, 2.45) is 0 Å². The molecule has 1 saturated heterocycles. The number of hydrogen-bond donors (Lipinski definition) is 1. The molecule has 0 radical (unpaired) electrons. The first-order valence-corrected chi connectivity index (χ1v) is 7.60. The van der Waals surface area contributed by atoms with Gasteiger partial charge in [-0.3, -0.25) is 0 Å². The number of urea groups is 1. The van der Waals surface area contributed by atoms with Crippen molar-refractivity contribution in [2.45, 2.75) is 45.6 Å². The number of aryl methyl sites for hydroxylation is 2. The zero-order valence-electron chi connectivity index (χ0n) is 13.1. The minimum absolute atomic E-state index is 0.0377. The third-order valence-electron chi connectivity index (χ3n) is 3.91. The number of likely N-dealkylation sites (N-methyl/N-ethyl adjacent to an activating group) is 1. The average molecular weight is 295 g/mol. The number of rotatable bonds is 6. The molecule has 1 N–H and O–H groups in total. The molecule has 0 aliphatic carbocycles. The van der Waals surface area contributed by atoms with E-state index in [0.717, 1.165) is 49.3 Å². The molecule has 1 aliphatic heterocycles. The summed E-state index contributed by atoms with van der Waals surface area (Å²) < 4.78 is 10.7. The van der Waals surface area contributed by atoms with E-state index in [1.165, 1.54) is 0 Å². The molecule has 6 heteroatoms. The normalized spacial score (nSPS) is 18.0. The van der Waals surface area contributed by atoms with Crippen molar-refractivity contribution >= 4 is 6.03 Å². The molecule has 0 saturated carbocycles. The van der Waals surface area contributed by atoms with Crippen LogP contribution in [-0.4, -0.2) is 48.9 Å². The molecular formula is C15H25N3O3. The molecule has 1 fully saturated rings. The zero-order valence-corrected chi connectivity index (χ0v) is 13.1. The van der Waals surface area contributed by atoms with Crippen molar-refractivity contribution in [3.63, 3.8) is 0 Å². The van der Waals surface area contributed by atoms with E-state index in [0.29, 0.717) is 13.1 Å². The SMILES string of the molecule is Cc1noc(C)c1CCCNC(=O)N(C)C[C@@H]1CCCO1. The number of nitrogens with zero attached hydrogens (tertiary/aromatic N) is 2. The minimum atomic E-state index is -0.0377. The molecule has 0 unspecified atom stereocenters. The number of aromatic nitrogens is 1. The van der Waals surface area contributed by atoms with Crippen LogP contribution in [0.25, 0.3) is 0 Å². The van der Waals surface area contributed by atoms with Crippen molar-refractivity contribution in [3.8, 4) is 0 Å². The summed E-state index contributed by atoms with van der Waals surface area (Å²) in [4.78, 5) is 13.7. The van der Waals surface area contributed by atoms with Gasteiger partial charge in [0.2, 0.25) is 0 Å². The predicted octanol–water partition coefficient (Wildman–Crippen LogP) is 2.04. The summed E-state index contributed by atoms with van der Waals surface area (Å²) in [5.74, 6) is 0.870. The van der Waals surface area contributed by atoms with Gasteiger partial charge in [-0.05, 0) is 39.5 Å². The lowest BCUT2D eigenvalue weighted by atomic mass is 10.1. The van der Waals surface area contributed by atoms with Crippen LogP contribution in [0.2, 0.25) is 0 Å². The molecule has 21 heavy (non-hydrogen) atoms. The molecule has 0 aromatic carbocycles. The van der Waals surface area contributed by atoms with Crippen molar-refractivity contribution in [1.29, 1.82) is 0 Å². The van der Waals surface area contributed by atoms with Crippen LogP contribution in [0.15, 0.2) is 4.52 Å². The molecule has 0 spiro atoms. The summed E-state index contributed by atoms with van der Waals surface area (Å²) >= 11 is 0. The van der Waals surface area contributed by atoms with Crippen LogP contribution in [0.4, 0.5) is 4.79 Å². The zero-order chi connectivity index (χ0) is 15.2. The van der Waals surface area contributed by atoms with E-state index in [9.17, 15) is 4.79 Å². The third-order valence-corrected chi connectivity index (χ3v) is 3.91. The van der Waals surface area contributed by atoms with E-state index >= 15 is 0 Å². The molecule has 2 rings (SSSR count).